The predicted molar refractivity (Wildman–Crippen MR) is 125 cm³/mol. The molecular weight excluding hydrogens is 410 g/mol. The van der Waals surface area contributed by atoms with Crippen LogP contribution in [-0.2, 0) is 16.1 Å². The summed E-state index contributed by atoms with van der Waals surface area (Å²) in [6.45, 7) is 2.03. The van der Waals surface area contributed by atoms with Gasteiger partial charge in [-0.3, -0.25) is 9.59 Å². The van der Waals surface area contributed by atoms with Gasteiger partial charge in [0.25, 0.3) is 0 Å². The summed E-state index contributed by atoms with van der Waals surface area (Å²) in [6.07, 6.45) is 5.37. The number of ether oxygens (including phenoxy) is 1. The molecule has 1 fully saturated rings. The minimum Gasteiger partial charge on any atom is -0.497 e. The van der Waals surface area contributed by atoms with E-state index in [0.717, 1.165) is 41.7 Å². The number of rotatable bonds is 7. The van der Waals surface area contributed by atoms with Crippen molar-refractivity contribution < 1.29 is 14.3 Å². The molecule has 1 saturated heterocycles. The van der Waals surface area contributed by atoms with Crippen LogP contribution in [0.4, 0.5) is 5.69 Å². The average Bonchev–Trinajstić information content (AvgIpc) is 3.16. The molecule has 1 aliphatic rings. The van der Waals surface area contributed by atoms with E-state index in [-0.39, 0.29) is 17.6 Å². The lowest BCUT2D eigenvalue weighted by atomic mass is 10.1. The summed E-state index contributed by atoms with van der Waals surface area (Å²) in [5.74, 6) is 1.06. The van der Waals surface area contributed by atoms with Gasteiger partial charge < -0.3 is 19.5 Å². The number of nitrogens with one attached hydrogen (secondary N) is 1. The molecule has 0 aliphatic carbocycles. The molecule has 2 aromatic carbocycles. The highest BCUT2D eigenvalue weighted by molar-refractivity contribution is 8.00. The lowest BCUT2D eigenvalue weighted by Gasteiger charge is -2.27. The molecular formula is C24H27N3O3S. The van der Waals surface area contributed by atoms with Gasteiger partial charge in [-0.2, -0.15) is 0 Å². The Kier molecular flexibility index (Phi) is 6.82. The van der Waals surface area contributed by atoms with E-state index in [1.54, 1.807) is 13.2 Å². The maximum Gasteiger partial charge on any atom is 0.242 e. The Labute approximate surface area is 186 Å². The zero-order chi connectivity index (χ0) is 21.6. The molecule has 2 heterocycles. The molecule has 0 atom stereocenters. The van der Waals surface area contributed by atoms with E-state index in [4.69, 9.17) is 4.74 Å². The van der Waals surface area contributed by atoms with Crippen LogP contribution in [0.25, 0.3) is 10.9 Å². The number of carbonyl (C=O) groups is 2. The number of aromatic nitrogens is 1. The number of para-hydroxylation sites is 1. The molecule has 31 heavy (non-hydrogen) atoms. The number of carbonyl (C=O) groups excluding carboxylic acids is 2. The molecule has 1 aromatic heterocycles. The molecule has 3 aromatic rings. The molecule has 1 N–H and O–H groups in total. The van der Waals surface area contributed by atoms with Gasteiger partial charge in [-0.25, -0.2) is 0 Å². The lowest BCUT2D eigenvalue weighted by molar-refractivity contribution is -0.132. The van der Waals surface area contributed by atoms with Crippen molar-refractivity contribution in [2.45, 2.75) is 30.7 Å². The zero-order valence-corrected chi connectivity index (χ0v) is 18.5. The van der Waals surface area contributed by atoms with Crippen molar-refractivity contribution >= 4 is 40.2 Å². The molecule has 6 nitrogen and oxygen atoms in total. The van der Waals surface area contributed by atoms with Crippen LogP contribution >= 0.6 is 11.8 Å². The van der Waals surface area contributed by atoms with Crippen molar-refractivity contribution in [3.8, 4) is 5.75 Å². The second-order valence-electron chi connectivity index (χ2n) is 7.65. The monoisotopic (exact) mass is 437 g/mol. The number of hydrogen-bond donors (Lipinski definition) is 1. The molecule has 7 heteroatoms. The van der Waals surface area contributed by atoms with Crippen LogP contribution in [0.15, 0.2) is 59.6 Å². The van der Waals surface area contributed by atoms with E-state index in [0.29, 0.717) is 18.0 Å². The predicted octanol–water partition coefficient (Wildman–Crippen LogP) is 4.39. The molecule has 0 radical (unpaired) electrons. The maximum absolute atomic E-state index is 12.8. The third-order valence-electron chi connectivity index (χ3n) is 5.48. The first-order chi connectivity index (χ1) is 15.1. The van der Waals surface area contributed by atoms with Gasteiger partial charge in [-0.1, -0.05) is 24.3 Å². The second kappa shape index (κ2) is 9.92. The summed E-state index contributed by atoms with van der Waals surface area (Å²) in [6, 6.07) is 15.3. The highest BCUT2D eigenvalue weighted by atomic mass is 32.2. The number of anilines is 1. The average molecular weight is 438 g/mol. The van der Waals surface area contributed by atoms with E-state index in [2.05, 4.69) is 5.32 Å². The lowest BCUT2D eigenvalue weighted by Crippen LogP contribution is -2.37. The molecule has 1 aliphatic heterocycles. The van der Waals surface area contributed by atoms with Crippen molar-refractivity contribution in [1.82, 2.24) is 9.47 Å². The number of nitrogens with zero attached hydrogens (tertiary/aromatic N) is 2. The number of piperidine rings is 1. The summed E-state index contributed by atoms with van der Waals surface area (Å²) in [4.78, 5) is 28.2. The summed E-state index contributed by atoms with van der Waals surface area (Å²) >= 11 is 1.48. The first-order valence-electron chi connectivity index (χ1n) is 10.6. The molecule has 0 bridgehead atoms. The van der Waals surface area contributed by atoms with Crippen LogP contribution in [0.1, 0.15) is 19.3 Å². The second-order valence-corrected chi connectivity index (χ2v) is 8.67. The Bertz CT molecular complexity index is 1070. The van der Waals surface area contributed by atoms with Crippen molar-refractivity contribution in [3.63, 3.8) is 0 Å². The number of thioether (sulfide) groups is 1. The number of fused-ring (bicyclic) bond motifs is 1. The van der Waals surface area contributed by atoms with Crippen LogP contribution < -0.4 is 10.1 Å². The quantitative estimate of drug-likeness (QED) is 0.557. The van der Waals surface area contributed by atoms with Gasteiger partial charge in [-0.15, -0.1) is 11.8 Å². The Morgan fingerprint density at radius 1 is 1.06 bits per heavy atom. The molecule has 0 saturated carbocycles. The fraction of sp³-hybridized carbons (Fsp3) is 0.333. The number of methoxy groups -OCH3 is 1. The van der Waals surface area contributed by atoms with Crippen LogP contribution in [0.3, 0.4) is 0 Å². The smallest absolute Gasteiger partial charge is 0.242 e. The Morgan fingerprint density at radius 3 is 2.68 bits per heavy atom. The first-order valence-corrected chi connectivity index (χ1v) is 11.5. The van der Waals surface area contributed by atoms with E-state index in [1.165, 1.54) is 18.2 Å². The molecule has 0 spiro atoms. The maximum atomic E-state index is 12.8. The molecule has 162 valence electrons. The Balaban J connectivity index is 1.44. The van der Waals surface area contributed by atoms with Gasteiger partial charge in [-0.05, 0) is 37.5 Å². The minimum atomic E-state index is -0.0838. The van der Waals surface area contributed by atoms with E-state index < -0.39 is 0 Å². The van der Waals surface area contributed by atoms with Crippen LogP contribution in [0.2, 0.25) is 0 Å². The number of hydrogen-bond acceptors (Lipinski definition) is 4. The molecule has 0 unspecified atom stereocenters. The zero-order valence-electron chi connectivity index (χ0n) is 17.7. The van der Waals surface area contributed by atoms with Crippen molar-refractivity contribution in [1.29, 1.82) is 0 Å². The highest BCUT2D eigenvalue weighted by Crippen LogP contribution is 2.30. The van der Waals surface area contributed by atoms with Gasteiger partial charge >= 0.3 is 0 Å². The number of likely N-dealkylation sites (tertiary alicyclic amines) is 1. The summed E-state index contributed by atoms with van der Waals surface area (Å²) in [7, 11) is 1.60. The van der Waals surface area contributed by atoms with Crippen LogP contribution in [-0.4, -0.2) is 47.2 Å². The summed E-state index contributed by atoms with van der Waals surface area (Å²) < 4.78 is 7.21. The summed E-state index contributed by atoms with van der Waals surface area (Å²) in [5.41, 5.74) is 1.73. The fourth-order valence-electron chi connectivity index (χ4n) is 3.89. The standard InChI is InChI=1S/C24H27N3O3S/c1-30-19-9-7-8-18(14-19)25-23(28)17-31-22-15-27(21-11-4-3-10-20(21)22)16-24(29)26-12-5-2-6-13-26/h3-4,7-11,14-15H,2,5-6,12-13,16-17H2,1H3,(H,25,28). The van der Waals surface area contributed by atoms with Crippen molar-refractivity contribution in [2.75, 3.05) is 31.3 Å². The van der Waals surface area contributed by atoms with Gasteiger partial charge in [0.1, 0.15) is 12.3 Å². The summed E-state index contributed by atoms with van der Waals surface area (Å²) in [5, 5.41) is 3.97. The highest BCUT2D eigenvalue weighted by Gasteiger charge is 2.19. The molecule has 4 rings (SSSR count). The minimum absolute atomic E-state index is 0.0838. The van der Waals surface area contributed by atoms with Crippen molar-refractivity contribution in [3.05, 3.63) is 54.7 Å². The SMILES string of the molecule is COc1cccc(NC(=O)CSc2cn(CC(=O)N3CCCCC3)c3ccccc23)c1. The van der Waals surface area contributed by atoms with Crippen LogP contribution in [0.5, 0.6) is 5.75 Å². The molecule has 2 amide bonds. The van der Waals surface area contributed by atoms with Crippen LogP contribution in [0, 0.1) is 0 Å². The number of benzene rings is 2. The third kappa shape index (κ3) is 5.22. The largest absolute Gasteiger partial charge is 0.497 e. The normalized spacial score (nSPS) is 13.9. The van der Waals surface area contributed by atoms with Gasteiger partial charge in [0, 0.05) is 46.8 Å². The van der Waals surface area contributed by atoms with Gasteiger partial charge in [0.2, 0.25) is 11.8 Å². The van der Waals surface area contributed by atoms with E-state index in [1.807, 2.05) is 58.1 Å². The topological polar surface area (TPSA) is 63.6 Å². The Morgan fingerprint density at radius 2 is 1.87 bits per heavy atom. The van der Waals surface area contributed by atoms with Gasteiger partial charge in [0.15, 0.2) is 0 Å². The van der Waals surface area contributed by atoms with E-state index >= 15 is 0 Å². The first kappa shape index (κ1) is 21.3. The van der Waals surface area contributed by atoms with Gasteiger partial charge in [0.05, 0.1) is 12.9 Å². The van der Waals surface area contributed by atoms with Crippen molar-refractivity contribution in [2.24, 2.45) is 0 Å². The Hall–Kier alpha value is -2.93. The fourth-order valence-corrected chi connectivity index (χ4v) is 4.78. The van der Waals surface area contributed by atoms with E-state index in [9.17, 15) is 9.59 Å². The third-order valence-corrected chi connectivity index (χ3v) is 6.52. The number of amides is 2.